The fourth-order valence-corrected chi connectivity index (χ4v) is 8.42. The van der Waals surface area contributed by atoms with Gasteiger partial charge in [-0.3, -0.25) is 4.79 Å². The van der Waals surface area contributed by atoms with E-state index in [1.54, 1.807) is 0 Å². The second kappa shape index (κ2) is 11.4. The molecule has 4 nitrogen and oxygen atoms in total. The molecule has 0 fully saturated rings. The van der Waals surface area contributed by atoms with Crippen molar-refractivity contribution < 1.29 is 0 Å². The van der Waals surface area contributed by atoms with Crippen molar-refractivity contribution in [3.05, 3.63) is 192 Å². The molecule has 0 aliphatic heterocycles. The van der Waals surface area contributed by atoms with Crippen molar-refractivity contribution in [2.45, 2.75) is 0 Å². The fourth-order valence-electron chi connectivity index (χ4n) is 8.42. The number of hydrogen-bond donors (Lipinski definition) is 1. The van der Waals surface area contributed by atoms with Crippen LogP contribution in [0.15, 0.2) is 187 Å². The molecule has 1 N–H and O–H groups in total. The van der Waals surface area contributed by atoms with Crippen LogP contribution in [-0.4, -0.2) is 14.1 Å². The average Bonchev–Trinajstić information content (AvgIpc) is 3.72. The summed E-state index contributed by atoms with van der Waals surface area (Å²) in [6.45, 7) is 0. The zero-order chi connectivity index (χ0) is 35.0. The van der Waals surface area contributed by atoms with E-state index < -0.39 is 0 Å². The molecule has 3 heterocycles. The van der Waals surface area contributed by atoms with E-state index in [1.165, 1.54) is 16.5 Å². The maximum atomic E-state index is 14.1. The molecule has 8 aromatic carbocycles. The number of rotatable bonds is 4. The summed E-state index contributed by atoms with van der Waals surface area (Å²) in [6, 6.07) is 64.1. The molecule has 0 unspecified atom stereocenters. The first-order valence-corrected chi connectivity index (χ1v) is 18.0. The Morgan fingerprint density at radius 2 is 0.792 bits per heavy atom. The van der Waals surface area contributed by atoms with E-state index in [4.69, 9.17) is 0 Å². The van der Waals surface area contributed by atoms with Crippen molar-refractivity contribution in [2.24, 2.45) is 0 Å². The zero-order valence-electron chi connectivity index (χ0n) is 28.6. The molecular weight excluding hydrogens is 647 g/mol. The number of aromatic nitrogens is 3. The first kappa shape index (κ1) is 29.5. The van der Waals surface area contributed by atoms with Gasteiger partial charge in [0, 0.05) is 43.7 Å². The Morgan fingerprint density at radius 3 is 1.36 bits per heavy atom. The lowest BCUT2D eigenvalue weighted by Crippen LogP contribution is -2.07. The fraction of sp³-hybridized carbons (Fsp3) is 0. The minimum atomic E-state index is -0.0997. The van der Waals surface area contributed by atoms with Crippen LogP contribution in [0.4, 0.5) is 0 Å². The van der Waals surface area contributed by atoms with Crippen molar-refractivity contribution in [3.63, 3.8) is 0 Å². The molecule has 0 aliphatic carbocycles. The highest BCUT2D eigenvalue weighted by Crippen LogP contribution is 2.40. The number of benzene rings is 8. The van der Waals surface area contributed by atoms with Crippen molar-refractivity contribution in [2.75, 3.05) is 0 Å². The van der Waals surface area contributed by atoms with Gasteiger partial charge in [-0.15, -0.1) is 0 Å². The maximum absolute atomic E-state index is 14.1. The Bertz CT molecular complexity index is 3300. The van der Waals surface area contributed by atoms with Crippen LogP contribution in [0.5, 0.6) is 0 Å². The number of aromatic amines is 1. The molecule has 0 radical (unpaired) electrons. The van der Waals surface area contributed by atoms with Gasteiger partial charge in [0.05, 0.1) is 27.6 Å². The molecule has 0 atom stereocenters. The van der Waals surface area contributed by atoms with Gasteiger partial charge >= 0.3 is 0 Å². The van der Waals surface area contributed by atoms with Gasteiger partial charge in [0.25, 0.3) is 5.56 Å². The summed E-state index contributed by atoms with van der Waals surface area (Å²) in [5, 5.41) is 7.23. The minimum absolute atomic E-state index is 0.0997. The lowest BCUT2D eigenvalue weighted by molar-refractivity contribution is 1.18. The second-order valence-corrected chi connectivity index (χ2v) is 13.8. The second-order valence-electron chi connectivity index (χ2n) is 13.8. The molecule has 248 valence electrons. The number of nitrogens with one attached hydrogen (secondary N) is 1. The summed E-state index contributed by atoms with van der Waals surface area (Å²) < 4.78 is 4.61. The Labute approximate surface area is 304 Å². The Balaban J connectivity index is 1.17. The molecule has 11 rings (SSSR count). The van der Waals surface area contributed by atoms with Crippen LogP contribution in [0.1, 0.15) is 0 Å². The van der Waals surface area contributed by atoms with Gasteiger partial charge in [0.2, 0.25) is 0 Å². The lowest BCUT2D eigenvalue weighted by Gasteiger charge is -2.12. The number of para-hydroxylation sites is 2. The molecule has 0 spiro atoms. The van der Waals surface area contributed by atoms with Crippen molar-refractivity contribution in [1.82, 2.24) is 14.1 Å². The van der Waals surface area contributed by atoms with Crippen LogP contribution in [0.2, 0.25) is 0 Å². The molecule has 4 heteroatoms. The van der Waals surface area contributed by atoms with Crippen molar-refractivity contribution in [3.8, 4) is 33.6 Å². The summed E-state index contributed by atoms with van der Waals surface area (Å²) in [5.41, 5.74) is 11.8. The van der Waals surface area contributed by atoms with Crippen LogP contribution < -0.4 is 5.56 Å². The van der Waals surface area contributed by atoms with Gasteiger partial charge < -0.3 is 14.1 Å². The number of hydrogen-bond acceptors (Lipinski definition) is 1. The lowest BCUT2D eigenvalue weighted by atomic mass is 10.0. The van der Waals surface area contributed by atoms with E-state index in [0.717, 1.165) is 77.0 Å². The molecule has 11 aromatic rings. The standard InChI is InChI=1S/C49H31N3O/c53-49-43-29-47-41(37-21-7-9-23-45(37)51(47)35-19-11-17-33(25-35)31-13-3-1-4-14-31)27-39(43)40-28-42-38-22-8-10-24-46(38)52(48(42)30-44(40)50-49)36-20-12-18-34(26-36)32-15-5-2-6-16-32/h1-30H,(H,50,53). The average molecular weight is 678 g/mol. The largest absolute Gasteiger partial charge is 0.321 e. The molecule has 3 aromatic heterocycles. The van der Waals surface area contributed by atoms with E-state index in [-0.39, 0.29) is 5.56 Å². The predicted octanol–water partition coefficient (Wildman–Crippen LogP) is 12.2. The Hall–Kier alpha value is -7.17. The summed E-state index contributed by atoms with van der Waals surface area (Å²) in [7, 11) is 0. The zero-order valence-corrected chi connectivity index (χ0v) is 28.6. The van der Waals surface area contributed by atoms with Crippen molar-refractivity contribution in [1.29, 1.82) is 0 Å². The summed E-state index contributed by atoms with van der Waals surface area (Å²) in [4.78, 5) is 17.4. The highest BCUT2D eigenvalue weighted by atomic mass is 16.1. The summed E-state index contributed by atoms with van der Waals surface area (Å²) in [5.74, 6) is 0. The van der Waals surface area contributed by atoms with Crippen LogP contribution in [-0.2, 0) is 0 Å². The van der Waals surface area contributed by atoms with E-state index in [9.17, 15) is 4.79 Å². The quantitative estimate of drug-likeness (QED) is 0.185. The van der Waals surface area contributed by atoms with Crippen LogP contribution in [0.25, 0.3) is 98.9 Å². The maximum Gasteiger partial charge on any atom is 0.256 e. The number of fused-ring (bicyclic) bond motifs is 9. The van der Waals surface area contributed by atoms with Crippen LogP contribution >= 0.6 is 0 Å². The summed E-state index contributed by atoms with van der Waals surface area (Å²) in [6.07, 6.45) is 0. The predicted molar refractivity (Wildman–Crippen MR) is 222 cm³/mol. The first-order valence-electron chi connectivity index (χ1n) is 18.0. The third-order valence-electron chi connectivity index (χ3n) is 10.8. The number of nitrogens with zero attached hydrogens (tertiary/aromatic N) is 2. The normalized spacial score (nSPS) is 11.8. The highest BCUT2D eigenvalue weighted by Gasteiger charge is 2.19. The van der Waals surface area contributed by atoms with E-state index in [0.29, 0.717) is 5.39 Å². The molecule has 0 amide bonds. The monoisotopic (exact) mass is 677 g/mol. The van der Waals surface area contributed by atoms with E-state index in [1.807, 2.05) is 12.1 Å². The molecule has 0 saturated carbocycles. The molecule has 0 saturated heterocycles. The molecule has 53 heavy (non-hydrogen) atoms. The van der Waals surface area contributed by atoms with Crippen molar-refractivity contribution >= 4 is 65.3 Å². The van der Waals surface area contributed by atoms with Gasteiger partial charge in [-0.2, -0.15) is 0 Å². The van der Waals surface area contributed by atoms with Crippen LogP contribution in [0, 0.1) is 0 Å². The topological polar surface area (TPSA) is 42.7 Å². The van der Waals surface area contributed by atoms with Gasteiger partial charge in [0.15, 0.2) is 0 Å². The molecule has 0 bridgehead atoms. The van der Waals surface area contributed by atoms with E-state index >= 15 is 0 Å². The number of H-pyrrole nitrogens is 1. The Morgan fingerprint density at radius 1 is 0.321 bits per heavy atom. The van der Waals surface area contributed by atoms with Crippen LogP contribution in [0.3, 0.4) is 0 Å². The highest BCUT2D eigenvalue weighted by molar-refractivity contribution is 6.21. The van der Waals surface area contributed by atoms with E-state index in [2.05, 4.69) is 184 Å². The van der Waals surface area contributed by atoms with Gasteiger partial charge in [-0.1, -0.05) is 121 Å². The molecule has 0 aliphatic rings. The number of pyridine rings is 1. The van der Waals surface area contributed by atoms with Gasteiger partial charge in [0.1, 0.15) is 0 Å². The third kappa shape index (κ3) is 4.52. The molecular formula is C49H31N3O. The SMILES string of the molecule is O=c1[nH]c2cc3c(cc2c2cc4c5ccccc5n(-c5cccc(-c6ccccc6)c5)c4cc12)c1ccccc1n3-c1cccc(-c2ccccc2)c1. The smallest absolute Gasteiger partial charge is 0.256 e. The van der Waals surface area contributed by atoms with Gasteiger partial charge in [-0.05, 0) is 88.3 Å². The minimum Gasteiger partial charge on any atom is -0.321 e. The van der Waals surface area contributed by atoms with Gasteiger partial charge in [-0.25, -0.2) is 0 Å². The summed E-state index contributed by atoms with van der Waals surface area (Å²) >= 11 is 0. The first-order chi connectivity index (χ1) is 26.2. The Kier molecular flexibility index (Phi) is 6.37. The third-order valence-corrected chi connectivity index (χ3v) is 10.8.